The minimum Gasteiger partial charge on any atom is -0.481 e. The topological polar surface area (TPSA) is 63.6 Å². The average molecular weight is 467 g/mol. The quantitative estimate of drug-likeness (QED) is 0.0828. The van der Waals surface area contributed by atoms with Crippen molar-refractivity contribution < 1.29 is 19.4 Å². The lowest BCUT2D eigenvalue weighted by molar-refractivity contribution is -0.151. The number of hydrogen-bond acceptors (Lipinski definition) is 3. The summed E-state index contributed by atoms with van der Waals surface area (Å²) in [7, 11) is 0. The minimum absolute atomic E-state index is 0.0326. The molecule has 1 N–H and O–H groups in total. The summed E-state index contributed by atoms with van der Waals surface area (Å²) in [5.74, 6) is -1.97. The summed E-state index contributed by atoms with van der Waals surface area (Å²) in [4.78, 5) is 23.5. The molecular formula is C29H54O4. The molecule has 1 atom stereocenters. The maximum Gasteiger partial charge on any atom is 0.307 e. The standard InChI is InChI=1S/C29H54O4/c1-3-5-7-9-11-13-15-17-19-21-23-25-33-28(30)26-27(29(31)32)24-22-20-18-16-14-12-10-8-6-4-2/h20,22,27H,3-19,21,23-26H2,1-2H3,(H,31,32)/b22-20+/t27-/m0/s1. The maximum absolute atomic E-state index is 12.0. The van der Waals surface area contributed by atoms with E-state index in [0.717, 1.165) is 25.7 Å². The number of carbonyl (C=O) groups is 2. The van der Waals surface area contributed by atoms with Gasteiger partial charge in [0.15, 0.2) is 0 Å². The molecule has 0 unspecified atom stereocenters. The van der Waals surface area contributed by atoms with E-state index in [2.05, 4.69) is 19.9 Å². The second-order valence-corrected chi connectivity index (χ2v) is 9.61. The van der Waals surface area contributed by atoms with Gasteiger partial charge in [0.2, 0.25) is 0 Å². The first-order valence-corrected chi connectivity index (χ1v) is 14.1. The molecule has 0 amide bonds. The largest absolute Gasteiger partial charge is 0.481 e. The molecule has 0 radical (unpaired) electrons. The molecule has 0 heterocycles. The zero-order valence-electron chi connectivity index (χ0n) is 22.0. The van der Waals surface area contributed by atoms with Gasteiger partial charge in [-0.3, -0.25) is 9.59 Å². The van der Waals surface area contributed by atoms with Crippen LogP contribution in [-0.4, -0.2) is 23.7 Å². The van der Waals surface area contributed by atoms with Gasteiger partial charge in [0, 0.05) is 0 Å². The molecule has 0 spiro atoms. The number of allylic oxidation sites excluding steroid dienone is 2. The number of carboxylic acid groups (broad SMARTS) is 1. The molecule has 0 bridgehead atoms. The van der Waals surface area contributed by atoms with E-state index in [1.807, 2.05) is 6.08 Å². The molecule has 0 saturated carbocycles. The highest BCUT2D eigenvalue weighted by atomic mass is 16.5. The van der Waals surface area contributed by atoms with E-state index in [0.29, 0.717) is 13.0 Å². The number of esters is 1. The third-order valence-corrected chi connectivity index (χ3v) is 6.33. The van der Waals surface area contributed by atoms with E-state index < -0.39 is 11.9 Å². The van der Waals surface area contributed by atoms with Gasteiger partial charge in [-0.05, 0) is 25.7 Å². The van der Waals surface area contributed by atoms with Crippen LogP contribution in [-0.2, 0) is 14.3 Å². The Bertz CT molecular complexity index is 472. The predicted octanol–water partition coefficient (Wildman–Crippen LogP) is 9.02. The van der Waals surface area contributed by atoms with E-state index in [1.54, 1.807) is 0 Å². The van der Waals surface area contributed by atoms with Gasteiger partial charge in [-0.2, -0.15) is 0 Å². The lowest BCUT2D eigenvalue weighted by Crippen LogP contribution is -2.19. The van der Waals surface area contributed by atoms with Crippen LogP contribution in [0.2, 0.25) is 0 Å². The number of carboxylic acids is 1. The summed E-state index contributed by atoms with van der Waals surface area (Å²) in [6.45, 7) is 4.89. The molecule has 194 valence electrons. The highest BCUT2D eigenvalue weighted by Crippen LogP contribution is 2.14. The summed E-state index contributed by atoms with van der Waals surface area (Å²) in [5.41, 5.74) is 0. The average Bonchev–Trinajstić information content (AvgIpc) is 2.80. The van der Waals surface area contributed by atoms with E-state index in [9.17, 15) is 14.7 Å². The first kappa shape index (κ1) is 31.7. The van der Waals surface area contributed by atoms with Gasteiger partial charge in [0.05, 0.1) is 18.9 Å². The highest BCUT2D eigenvalue weighted by Gasteiger charge is 2.20. The Morgan fingerprint density at radius 2 is 1.12 bits per heavy atom. The van der Waals surface area contributed by atoms with Gasteiger partial charge >= 0.3 is 11.9 Å². The number of aliphatic carboxylic acids is 1. The van der Waals surface area contributed by atoms with Crippen LogP contribution in [0.1, 0.15) is 149 Å². The fourth-order valence-corrected chi connectivity index (χ4v) is 4.08. The van der Waals surface area contributed by atoms with Crippen LogP contribution in [0.5, 0.6) is 0 Å². The second kappa shape index (κ2) is 25.3. The molecule has 0 aliphatic carbocycles. The number of unbranched alkanes of at least 4 members (excludes halogenated alkanes) is 17. The Morgan fingerprint density at radius 3 is 1.61 bits per heavy atom. The van der Waals surface area contributed by atoms with E-state index >= 15 is 0 Å². The van der Waals surface area contributed by atoms with Crippen molar-refractivity contribution in [1.29, 1.82) is 0 Å². The maximum atomic E-state index is 12.0. The summed E-state index contributed by atoms with van der Waals surface area (Å²) in [6, 6.07) is 0. The molecule has 0 fully saturated rings. The van der Waals surface area contributed by atoms with Crippen molar-refractivity contribution in [2.75, 3.05) is 6.61 Å². The fourth-order valence-electron chi connectivity index (χ4n) is 4.08. The molecule has 0 aromatic heterocycles. The van der Waals surface area contributed by atoms with Crippen LogP contribution in [0.25, 0.3) is 0 Å². The lowest BCUT2D eigenvalue weighted by atomic mass is 10.0. The predicted molar refractivity (Wildman–Crippen MR) is 140 cm³/mol. The van der Waals surface area contributed by atoms with Crippen LogP contribution in [0.3, 0.4) is 0 Å². The molecule has 4 nitrogen and oxygen atoms in total. The SMILES string of the molecule is CCCCCCCCC/C=C/C[C@@H](CC(=O)OCCCCCCCCCCCCC)C(=O)O. The third-order valence-electron chi connectivity index (χ3n) is 6.33. The van der Waals surface area contributed by atoms with Gasteiger partial charge in [-0.1, -0.05) is 129 Å². The number of hydrogen-bond donors (Lipinski definition) is 1. The Kier molecular flexibility index (Phi) is 24.3. The number of ether oxygens (including phenoxy) is 1. The van der Waals surface area contributed by atoms with Crippen molar-refractivity contribution in [1.82, 2.24) is 0 Å². The summed E-state index contributed by atoms with van der Waals surface area (Å²) >= 11 is 0. The van der Waals surface area contributed by atoms with Crippen LogP contribution < -0.4 is 0 Å². The summed E-state index contributed by atoms with van der Waals surface area (Å²) in [5, 5.41) is 9.40. The molecule has 0 aliphatic rings. The monoisotopic (exact) mass is 466 g/mol. The van der Waals surface area contributed by atoms with Crippen molar-refractivity contribution in [3.8, 4) is 0 Å². The molecule has 0 saturated heterocycles. The third kappa shape index (κ3) is 23.6. The van der Waals surface area contributed by atoms with Crippen LogP contribution in [0.4, 0.5) is 0 Å². The first-order chi connectivity index (χ1) is 16.1. The van der Waals surface area contributed by atoms with Crippen LogP contribution in [0, 0.1) is 5.92 Å². The number of carbonyl (C=O) groups excluding carboxylic acids is 1. The van der Waals surface area contributed by atoms with Gasteiger partial charge in [-0.25, -0.2) is 0 Å². The van der Waals surface area contributed by atoms with Crippen molar-refractivity contribution in [3.63, 3.8) is 0 Å². The smallest absolute Gasteiger partial charge is 0.307 e. The van der Waals surface area contributed by atoms with Crippen LogP contribution >= 0.6 is 0 Å². The zero-order valence-corrected chi connectivity index (χ0v) is 22.0. The van der Waals surface area contributed by atoms with Gasteiger partial charge in [0.1, 0.15) is 0 Å². The molecule has 0 aromatic carbocycles. The molecule has 33 heavy (non-hydrogen) atoms. The molecule has 0 aliphatic heterocycles. The van der Waals surface area contributed by atoms with Crippen molar-refractivity contribution in [2.24, 2.45) is 5.92 Å². The Labute approximate surface area is 204 Å². The fraction of sp³-hybridized carbons (Fsp3) is 0.862. The van der Waals surface area contributed by atoms with E-state index in [4.69, 9.17) is 4.74 Å². The normalized spacial score (nSPS) is 12.3. The zero-order chi connectivity index (χ0) is 24.4. The Hall–Kier alpha value is -1.32. The lowest BCUT2D eigenvalue weighted by Gasteiger charge is -2.10. The van der Waals surface area contributed by atoms with Crippen molar-refractivity contribution in [2.45, 2.75) is 149 Å². The number of rotatable bonds is 25. The van der Waals surface area contributed by atoms with E-state index in [1.165, 1.54) is 96.3 Å². The second-order valence-electron chi connectivity index (χ2n) is 9.61. The van der Waals surface area contributed by atoms with E-state index in [-0.39, 0.29) is 12.4 Å². The molecule has 0 rings (SSSR count). The molecule has 0 aromatic rings. The van der Waals surface area contributed by atoms with Gasteiger partial charge < -0.3 is 9.84 Å². The van der Waals surface area contributed by atoms with Gasteiger partial charge in [0.25, 0.3) is 0 Å². The highest BCUT2D eigenvalue weighted by molar-refractivity contribution is 5.78. The minimum atomic E-state index is -0.915. The summed E-state index contributed by atoms with van der Waals surface area (Å²) < 4.78 is 5.28. The molecular weight excluding hydrogens is 412 g/mol. The Balaban J connectivity index is 3.67. The molecule has 4 heteroatoms. The Morgan fingerprint density at radius 1 is 0.667 bits per heavy atom. The van der Waals surface area contributed by atoms with Gasteiger partial charge in [-0.15, -0.1) is 0 Å². The van der Waals surface area contributed by atoms with Crippen molar-refractivity contribution >= 4 is 11.9 Å². The van der Waals surface area contributed by atoms with Crippen LogP contribution in [0.15, 0.2) is 12.2 Å². The summed E-state index contributed by atoms with van der Waals surface area (Å²) in [6.07, 6.45) is 28.1. The van der Waals surface area contributed by atoms with Crippen molar-refractivity contribution in [3.05, 3.63) is 12.2 Å². The first-order valence-electron chi connectivity index (χ1n) is 14.1.